The molecule has 0 fully saturated rings. The van der Waals surface area contributed by atoms with Gasteiger partial charge in [0.25, 0.3) is 0 Å². The fraction of sp³-hybridized carbons (Fsp3) is 0.0625. The van der Waals surface area contributed by atoms with Crippen LogP contribution >= 0.6 is 11.3 Å². The van der Waals surface area contributed by atoms with Gasteiger partial charge in [0, 0.05) is 21.0 Å². The van der Waals surface area contributed by atoms with Crippen molar-refractivity contribution in [2.45, 2.75) is 0 Å². The standard InChI is InChI=1S/C16H12O2S/c17-15(10-18-12-6-2-1-3-7-12)14-11-19-16-9-5-4-8-13(14)16/h1-9,11H,10H2. The lowest BCUT2D eigenvalue weighted by atomic mass is 10.1. The van der Waals surface area contributed by atoms with Crippen LogP contribution in [0.15, 0.2) is 60.0 Å². The summed E-state index contributed by atoms with van der Waals surface area (Å²) in [5, 5.41) is 2.91. The lowest BCUT2D eigenvalue weighted by molar-refractivity contribution is 0.0923. The van der Waals surface area contributed by atoms with Crippen molar-refractivity contribution >= 4 is 27.2 Å². The molecule has 2 nitrogen and oxygen atoms in total. The number of hydrogen-bond acceptors (Lipinski definition) is 3. The first-order valence-electron chi connectivity index (χ1n) is 6.02. The maximum Gasteiger partial charge on any atom is 0.201 e. The first kappa shape index (κ1) is 11.9. The number of carbonyl (C=O) groups excluding carboxylic acids is 1. The molecule has 0 bridgehead atoms. The zero-order valence-corrected chi connectivity index (χ0v) is 11.0. The topological polar surface area (TPSA) is 26.3 Å². The molecule has 0 saturated heterocycles. The van der Waals surface area contributed by atoms with E-state index in [1.807, 2.05) is 60.0 Å². The molecule has 0 aliphatic heterocycles. The molecular weight excluding hydrogens is 256 g/mol. The van der Waals surface area contributed by atoms with Gasteiger partial charge in [-0.3, -0.25) is 4.79 Å². The molecule has 0 amide bonds. The Hall–Kier alpha value is -2.13. The van der Waals surface area contributed by atoms with Gasteiger partial charge in [-0.15, -0.1) is 11.3 Å². The van der Waals surface area contributed by atoms with Gasteiger partial charge in [0.2, 0.25) is 5.78 Å². The normalized spacial score (nSPS) is 10.5. The van der Waals surface area contributed by atoms with Gasteiger partial charge in [0.15, 0.2) is 6.61 Å². The highest BCUT2D eigenvalue weighted by molar-refractivity contribution is 7.17. The average molecular weight is 268 g/mol. The second-order valence-corrected chi connectivity index (χ2v) is 5.08. The summed E-state index contributed by atoms with van der Waals surface area (Å²) in [4.78, 5) is 12.2. The SMILES string of the molecule is O=C(COc1ccccc1)c1csc2ccccc12. The monoisotopic (exact) mass is 268 g/mol. The van der Waals surface area contributed by atoms with Crippen LogP contribution in [0.1, 0.15) is 10.4 Å². The minimum absolute atomic E-state index is 0.0151. The zero-order valence-electron chi connectivity index (χ0n) is 10.2. The summed E-state index contributed by atoms with van der Waals surface area (Å²) in [6.45, 7) is 0.0741. The Labute approximate surface area is 115 Å². The van der Waals surface area contributed by atoms with Gasteiger partial charge in [-0.1, -0.05) is 36.4 Å². The summed E-state index contributed by atoms with van der Waals surface area (Å²) in [7, 11) is 0. The predicted octanol–water partition coefficient (Wildman–Crippen LogP) is 4.16. The third-order valence-corrected chi connectivity index (χ3v) is 3.86. The Kier molecular flexibility index (Phi) is 3.29. The van der Waals surface area contributed by atoms with Crippen LogP contribution in [0, 0.1) is 0 Å². The van der Waals surface area contributed by atoms with Crippen LogP contribution in [0.4, 0.5) is 0 Å². The lowest BCUT2D eigenvalue weighted by Crippen LogP contribution is -2.10. The van der Waals surface area contributed by atoms with Crippen molar-refractivity contribution in [1.82, 2.24) is 0 Å². The summed E-state index contributed by atoms with van der Waals surface area (Å²) in [5.41, 5.74) is 0.747. The quantitative estimate of drug-likeness (QED) is 0.664. The van der Waals surface area contributed by atoms with E-state index in [-0.39, 0.29) is 12.4 Å². The predicted molar refractivity (Wildman–Crippen MR) is 78.1 cm³/mol. The van der Waals surface area contributed by atoms with Crippen LogP contribution < -0.4 is 4.74 Å². The average Bonchev–Trinajstić information content (AvgIpc) is 2.90. The number of rotatable bonds is 4. The maximum atomic E-state index is 12.2. The van der Waals surface area contributed by atoms with E-state index >= 15 is 0 Å². The molecular formula is C16H12O2S. The van der Waals surface area contributed by atoms with E-state index in [0.717, 1.165) is 21.4 Å². The Bertz CT molecular complexity index is 701. The minimum atomic E-state index is 0.0151. The molecule has 94 valence electrons. The van der Waals surface area contributed by atoms with Gasteiger partial charge in [-0.05, 0) is 18.2 Å². The van der Waals surface area contributed by atoms with Gasteiger partial charge >= 0.3 is 0 Å². The Morgan fingerprint density at radius 3 is 2.58 bits per heavy atom. The molecule has 2 aromatic carbocycles. The van der Waals surface area contributed by atoms with E-state index in [4.69, 9.17) is 4.74 Å². The highest BCUT2D eigenvalue weighted by Gasteiger charge is 2.12. The molecule has 0 unspecified atom stereocenters. The van der Waals surface area contributed by atoms with E-state index in [1.165, 1.54) is 0 Å². The first-order valence-corrected chi connectivity index (χ1v) is 6.90. The van der Waals surface area contributed by atoms with Crippen LogP contribution in [-0.2, 0) is 0 Å². The fourth-order valence-corrected chi connectivity index (χ4v) is 2.90. The van der Waals surface area contributed by atoms with Crippen LogP contribution in [0.25, 0.3) is 10.1 Å². The fourth-order valence-electron chi connectivity index (χ4n) is 1.94. The number of hydrogen-bond donors (Lipinski definition) is 0. The number of para-hydroxylation sites is 1. The van der Waals surface area contributed by atoms with Gasteiger partial charge in [-0.25, -0.2) is 0 Å². The number of ether oxygens (including phenoxy) is 1. The van der Waals surface area contributed by atoms with Crippen molar-refractivity contribution < 1.29 is 9.53 Å². The van der Waals surface area contributed by atoms with Crippen molar-refractivity contribution in [2.75, 3.05) is 6.61 Å². The van der Waals surface area contributed by atoms with Crippen molar-refractivity contribution in [2.24, 2.45) is 0 Å². The van der Waals surface area contributed by atoms with E-state index in [0.29, 0.717) is 0 Å². The molecule has 0 atom stereocenters. The summed E-state index contributed by atoms with van der Waals surface area (Å²) in [6.07, 6.45) is 0. The number of ketones is 1. The third-order valence-electron chi connectivity index (χ3n) is 2.89. The Balaban J connectivity index is 1.77. The number of thiophene rings is 1. The molecule has 3 aromatic rings. The highest BCUT2D eigenvalue weighted by atomic mass is 32.1. The zero-order chi connectivity index (χ0) is 13.1. The summed E-state index contributed by atoms with van der Waals surface area (Å²) in [5.74, 6) is 0.733. The second kappa shape index (κ2) is 5.24. The van der Waals surface area contributed by atoms with Crippen molar-refractivity contribution in [3.05, 3.63) is 65.5 Å². The Morgan fingerprint density at radius 2 is 1.74 bits per heavy atom. The number of Topliss-reactive ketones (excluding diaryl/α,β-unsaturated/α-hetero) is 1. The smallest absolute Gasteiger partial charge is 0.201 e. The summed E-state index contributed by atoms with van der Waals surface area (Å²) in [6, 6.07) is 17.3. The van der Waals surface area contributed by atoms with E-state index < -0.39 is 0 Å². The molecule has 0 saturated carbocycles. The molecule has 1 aromatic heterocycles. The van der Waals surface area contributed by atoms with Gasteiger partial charge in [-0.2, -0.15) is 0 Å². The van der Waals surface area contributed by atoms with Crippen LogP contribution in [-0.4, -0.2) is 12.4 Å². The molecule has 0 aliphatic carbocycles. The largest absolute Gasteiger partial charge is 0.485 e. The first-order chi connectivity index (χ1) is 9.34. The van der Waals surface area contributed by atoms with E-state index in [2.05, 4.69) is 0 Å². The molecule has 0 spiro atoms. The van der Waals surface area contributed by atoms with Crippen LogP contribution in [0.3, 0.4) is 0 Å². The molecule has 3 rings (SSSR count). The number of benzene rings is 2. The summed E-state index contributed by atoms with van der Waals surface area (Å²) < 4.78 is 6.63. The molecule has 0 N–H and O–H groups in total. The lowest BCUT2D eigenvalue weighted by Gasteiger charge is -2.04. The Morgan fingerprint density at radius 1 is 1.00 bits per heavy atom. The second-order valence-electron chi connectivity index (χ2n) is 4.17. The molecule has 1 heterocycles. The van der Waals surface area contributed by atoms with E-state index in [9.17, 15) is 4.79 Å². The van der Waals surface area contributed by atoms with E-state index in [1.54, 1.807) is 11.3 Å². The van der Waals surface area contributed by atoms with Gasteiger partial charge < -0.3 is 4.74 Å². The van der Waals surface area contributed by atoms with Gasteiger partial charge in [0.05, 0.1) is 0 Å². The van der Waals surface area contributed by atoms with Crippen molar-refractivity contribution in [3.63, 3.8) is 0 Å². The number of carbonyl (C=O) groups is 1. The number of fused-ring (bicyclic) bond motifs is 1. The minimum Gasteiger partial charge on any atom is -0.485 e. The molecule has 0 radical (unpaired) electrons. The molecule has 3 heteroatoms. The van der Waals surface area contributed by atoms with Gasteiger partial charge in [0.1, 0.15) is 5.75 Å². The highest BCUT2D eigenvalue weighted by Crippen LogP contribution is 2.26. The summed E-state index contributed by atoms with van der Waals surface area (Å²) >= 11 is 1.59. The molecule has 0 aliphatic rings. The maximum absolute atomic E-state index is 12.2. The van der Waals surface area contributed by atoms with Crippen LogP contribution in [0.2, 0.25) is 0 Å². The van der Waals surface area contributed by atoms with Crippen LogP contribution in [0.5, 0.6) is 5.75 Å². The third kappa shape index (κ3) is 2.51. The van der Waals surface area contributed by atoms with Crippen molar-refractivity contribution in [3.8, 4) is 5.75 Å². The molecule has 19 heavy (non-hydrogen) atoms. The van der Waals surface area contributed by atoms with Crippen molar-refractivity contribution in [1.29, 1.82) is 0 Å².